The number of morpholine rings is 1. The van der Waals surface area contributed by atoms with Gasteiger partial charge in [-0.15, -0.1) is 0 Å². The predicted molar refractivity (Wildman–Crippen MR) is 64.5 cm³/mol. The minimum Gasteiger partial charge on any atom is -0.378 e. The van der Waals surface area contributed by atoms with Gasteiger partial charge in [-0.25, -0.2) is 0 Å². The van der Waals surface area contributed by atoms with Gasteiger partial charge < -0.3 is 10.1 Å². The third-order valence-corrected chi connectivity index (χ3v) is 4.80. The molecule has 1 N–H and O–H groups in total. The van der Waals surface area contributed by atoms with E-state index in [-0.39, 0.29) is 0 Å². The summed E-state index contributed by atoms with van der Waals surface area (Å²) in [5, 5.41) is 3.79. The molecule has 2 aliphatic heterocycles. The first-order chi connectivity index (χ1) is 7.90. The van der Waals surface area contributed by atoms with Crippen molar-refractivity contribution in [3.8, 4) is 0 Å². The van der Waals surface area contributed by atoms with E-state index in [1.165, 1.54) is 25.7 Å². The van der Waals surface area contributed by atoms with Crippen molar-refractivity contribution in [1.82, 2.24) is 10.2 Å². The van der Waals surface area contributed by atoms with Crippen LogP contribution in [0.3, 0.4) is 0 Å². The highest BCUT2D eigenvalue weighted by Crippen LogP contribution is 2.35. The summed E-state index contributed by atoms with van der Waals surface area (Å²) in [6, 6.07) is 2.22. The van der Waals surface area contributed by atoms with Gasteiger partial charge in [0.15, 0.2) is 0 Å². The second kappa shape index (κ2) is 4.63. The van der Waals surface area contributed by atoms with Crippen LogP contribution in [0.25, 0.3) is 0 Å². The fourth-order valence-corrected chi connectivity index (χ4v) is 4.05. The van der Waals surface area contributed by atoms with Gasteiger partial charge in [0.25, 0.3) is 0 Å². The lowest BCUT2D eigenvalue weighted by molar-refractivity contribution is -0.0320. The van der Waals surface area contributed by atoms with Crippen LogP contribution in [0.2, 0.25) is 0 Å². The Morgan fingerprint density at radius 1 is 1.38 bits per heavy atom. The first-order valence-corrected chi connectivity index (χ1v) is 6.97. The second-order valence-electron chi connectivity index (χ2n) is 5.55. The van der Waals surface area contributed by atoms with E-state index < -0.39 is 0 Å². The highest BCUT2D eigenvalue weighted by molar-refractivity contribution is 4.98. The zero-order chi connectivity index (χ0) is 11.0. The van der Waals surface area contributed by atoms with Crippen molar-refractivity contribution < 1.29 is 4.74 Å². The molecular weight excluding hydrogens is 200 g/mol. The third kappa shape index (κ3) is 1.79. The molecule has 16 heavy (non-hydrogen) atoms. The van der Waals surface area contributed by atoms with Gasteiger partial charge in [0.1, 0.15) is 0 Å². The van der Waals surface area contributed by atoms with Crippen LogP contribution in [0.1, 0.15) is 32.6 Å². The van der Waals surface area contributed by atoms with Crippen molar-refractivity contribution in [1.29, 1.82) is 0 Å². The Bertz CT molecular complexity index is 246. The Hall–Kier alpha value is -0.120. The van der Waals surface area contributed by atoms with Gasteiger partial charge in [-0.1, -0.05) is 13.3 Å². The quantitative estimate of drug-likeness (QED) is 0.725. The van der Waals surface area contributed by atoms with E-state index in [0.29, 0.717) is 6.04 Å². The topological polar surface area (TPSA) is 24.5 Å². The van der Waals surface area contributed by atoms with Crippen LogP contribution >= 0.6 is 0 Å². The molecule has 0 spiro atoms. The maximum Gasteiger partial charge on any atom is 0.0635 e. The normalized spacial score (nSPS) is 44.8. The number of rotatable bonds is 1. The Labute approximate surface area is 98.5 Å². The van der Waals surface area contributed by atoms with Crippen LogP contribution in [0.5, 0.6) is 0 Å². The monoisotopic (exact) mass is 224 g/mol. The van der Waals surface area contributed by atoms with Gasteiger partial charge >= 0.3 is 0 Å². The molecule has 1 saturated carbocycles. The summed E-state index contributed by atoms with van der Waals surface area (Å²) < 4.78 is 5.63. The fraction of sp³-hybridized carbons (Fsp3) is 1.00. The summed E-state index contributed by atoms with van der Waals surface area (Å²) in [6.45, 7) is 6.51. The average molecular weight is 224 g/mol. The molecular formula is C13H24N2O. The molecule has 0 aromatic heterocycles. The van der Waals surface area contributed by atoms with Crippen molar-refractivity contribution in [2.24, 2.45) is 5.92 Å². The van der Waals surface area contributed by atoms with Gasteiger partial charge in [-0.3, -0.25) is 4.90 Å². The summed E-state index contributed by atoms with van der Waals surface area (Å²) in [7, 11) is 0. The molecule has 2 heterocycles. The van der Waals surface area contributed by atoms with E-state index in [2.05, 4.69) is 17.1 Å². The van der Waals surface area contributed by atoms with Crippen molar-refractivity contribution in [3.05, 3.63) is 0 Å². The van der Waals surface area contributed by atoms with E-state index in [0.717, 1.165) is 44.3 Å². The molecule has 4 atom stereocenters. The number of nitrogens with one attached hydrogen (secondary N) is 1. The van der Waals surface area contributed by atoms with E-state index in [1.54, 1.807) is 0 Å². The van der Waals surface area contributed by atoms with Crippen LogP contribution < -0.4 is 5.32 Å². The molecule has 0 aromatic carbocycles. The van der Waals surface area contributed by atoms with Crippen molar-refractivity contribution >= 4 is 0 Å². The second-order valence-corrected chi connectivity index (χ2v) is 5.55. The molecule has 92 valence electrons. The van der Waals surface area contributed by atoms with Crippen molar-refractivity contribution in [2.45, 2.75) is 50.7 Å². The molecule has 3 heteroatoms. The Kier molecular flexibility index (Phi) is 3.18. The van der Waals surface area contributed by atoms with Gasteiger partial charge in [-0.05, 0) is 25.2 Å². The molecule has 3 aliphatic rings. The van der Waals surface area contributed by atoms with Crippen LogP contribution in [0.15, 0.2) is 0 Å². The minimum atomic E-state index is 0.629. The van der Waals surface area contributed by atoms with Gasteiger partial charge in [0.2, 0.25) is 0 Å². The molecule has 3 nitrogen and oxygen atoms in total. The van der Waals surface area contributed by atoms with Gasteiger partial charge in [-0.2, -0.15) is 0 Å². The maximum atomic E-state index is 5.63. The van der Waals surface area contributed by atoms with Crippen LogP contribution in [-0.4, -0.2) is 49.3 Å². The highest BCUT2D eigenvalue weighted by Gasteiger charge is 2.41. The molecule has 0 bridgehead atoms. The summed E-state index contributed by atoms with van der Waals surface area (Å²) in [5.41, 5.74) is 0. The molecule has 0 amide bonds. The van der Waals surface area contributed by atoms with Crippen LogP contribution in [0.4, 0.5) is 0 Å². The Morgan fingerprint density at radius 2 is 2.31 bits per heavy atom. The molecule has 2 unspecified atom stereocenters. The smallest absolute Gasteiger partial charge is 0.0635 e. The number of nitrogens with zero attached hydrogens (tertiary/aromatic N) is 1. The Balaban J connectivity index is 1.81. The first-order valence-electron chi connectivity index (χ1n) is 6.97. The number of hydrogen-bond acceptors (Lipinski definition) is 3. The van der Waals surface area contributed by atoms with E-state index in [4.69, 9.17) is 4.74 Å². The maximum absolute atomic E-state index is 5.63. The standard InChI is InChI=1S/C13H24N2O/c1-2-13-11-4-3-5-12(11)14-8-10-9-16-7-6-15(10)13/h10-14H,2-9H2,1H3/t10?,11-,12?,13+/m1/s1. The van der Waals surface area contributed by atoms with E-state index in [1.807, 2.05) is 0 Å². The minimum absolute atomic E-state index is 0.629. The summed E-state index contributed by atoms with van der Waals surface area (Å²) in [6.07, 6.45) is 5.55. The van der Waals surface area contributed by atoms with Gasteiger partial charge in [0.05, 0.1) is 13.2 Å². The lowest BCUT2D eigenvalue weighted by Gasteiger charge is -2.41. The molecule has 2 saturated heterocycles. The lowest BCUT2D eigenvalue weighted by Crippen LogP contribution is -2.53. The first kappa shape index (κ1) is 11.0. The predicted octanol–water partition coefficient (Wildman–Crippen LogP) is 1.24. The number of hydrogen-bond donors (Lipinski definition) is 1. The fourth-order valence-electron chi connectivity index (χ4n) is 4.05. The van der Waals surface area contributed by atoms with Crippen molar-refractivity contribution in [3.63, 3.8) is 0 Å². The average Bonchev–Trinajstić information content (AvgIpc) is 2.72. The van der Waals surface area contributed by atoms with Crippen molar-refractivity contribution in [2.75, 3.05) is 26.3 Å². The van der Waals surface area contributed by atoms with E-state index in [9.17, 15) is 0 Å². The van der Waals surface area contributed by atoms with Gasteiger partial charge in [0, 0.05) is 31.2 Å². The zero-order valence-electron chi connectivity index (χ0n) is 10.3. The number of ether oxygens (including phenoxy) is 1. The molecule has 1 aliphatic carbocycles. The molecule has 3 fully saturated rings. The molecule has 0 radical (unpaired) electrons. The Morgan fingerprint density at radius 3 is 3.19 bits per heavy atom. The number of fused-ring (bicyclic) bond motifs is 2. The largest absolute Gasteiger partial charge is 0.378 e. The summed E-state index contributed by atoms with van der Waals surface area (Å²) in [5.74, 6) is 0.896. The third-order valence-electron chi connectivity index (χ3n) is 4.80. The summed E-state index contributed by atoms with van der Waals surface area (Å²) >= 11 is 0. The van der Waals surface area contributed by atoms with E-state index >= 15 is 0 Å². The SMILES string of the molecule is CC[C@H]1[C@@H]2CCCC2NCC2COCCN21. The molecule has 3 rings (SSSR count). The highest BCUT2D eigenvalue weighted by atomic mass is 16.5. The summed E-state index contributed by atoms with van der Waals surface area (Å²) in [4.78, 5) is 2.74. The van der Waals surface area contributed by atoms with Crippen LogP contribution in [0, 0.1) is 5.92 Å². The molecule has 0 aromatic rings. The van der Waals surface area contributed by atoms with Crippen LogP contribution in [-0.2, 0) is 4.74 Å². The zero-order valence-corrected chi connectivity index (χ0v) is 10.3. The lowest BCUT2D eigenvalue weighted by atomic mass is 9.91.